The largest absolute Gasteiger partial charge is 0.337 e. The smallest absolute Gasteiger partial charge is 0.271 e. The Morgan fingerprint density at radius 3 is 2.73 bits per heavy atom. The van der Waals surface area contributed by atoms with Gasteiger partial charge in [-0.2, -0.15) is 5.10 Å². The van der Waals surface area contributed by atoms with E-state index >= 15 is 0 Å². The van der Waals surface area contributed by atoms with Crippen LogP contribution in [0.15, 0.2) is 30.3 Å². The van der Waals surface area contributed by atoms with E-state index in [1.165, 1.54) is 19.3 Å². The number of amides is 1. The van der Waals surface area contributed by atoms with Gasteiger partial charge in [0, 0.05) is 18.7 Å². The van der Waals surface area contributed by atoms with Crippen molar-refractivity contribution in [2.45, 2.75) is 38.1 Å². The van der Waals surface area contributed by atoms with Gasteiger partial charge in [0.1, 0.15) is 5.69 Å². The van der Waals surface area contributed by atoms with Crippen LogP contribution in [0.5, 0.6) is 0 Å². The van der Waals surface area contributed by atoms with Crippen LogP contribution in [0.25, 0.3) is 11.3 Å². The van der Waals surface area contributed by atoms with Crippen molar-refractivity contribution in [1.29, 1.82) is 0 Å². The molecule has 0 saturated heterocycles. The molecule has 116 valence electrons. The molecule has 5 heteroatoms. The molecule has 3 rings (SSSR count). The maximum Gasteiger partial charge on any atom is 0.271 e. The highest BCUT2D eigenvalue weighted by Gasteiger charge is 2.24. The van der Waals surface area contributed by atoms with Gasteiger partial charge in [0.05, 0.1) is 10.7 Å². The molecule has 1 aliphatic carbocycles. The highest BCUT2D eigenvalue weighted by molar-refractivity contribution is 6.33. The molecule has 1 aromatic carbocycles. The van der Waals surface area contributed by atoms with Crippen LogP contribution in [0.3, 0.4) is 0 Å². The standard InChI is InChI=1S/C17H20ClN3O/c1-21(12-7-3-2-4-8-12)17(22)16-11-15(19-20-16)13-9-5-6-10-14(13)18/h5-6,9-12H,2-4,7-8H2,1H3,(H,19,20). The first-order chi connectivity index (χ1) is 10.7. The average molecular weight is 318 g/mol. The Hall–Kier alpha value is -1.81. The molecule has 1 saturated carbocycles. The lowest BCUT2D eigenvalue weighted by atomic mass is 9.94. The van der Waals surface area contributed by atoms with E-state index in [1.807, 2.05) is 36.2 Å². The second-order valence-corrected chi connectivity index (χ2v) is 6.26. The Kier molecular flexibility index (Phi) is 4.48. The van der Waals surface area contributed by atoms with Gasteiger partial charge < -0.3 is 4.90 Å². The summed E-state index contributed by atoms with van der Waals surface area (Å²) in [4.78, 5) is 14.4. The Bertz CT molecular complexity index is 661. The summed E-state index contributed by atoms with van der Waals surface area (Å²) in [6, 6.07) is 9.63. The molecule has 1 amide bonds. The van der Waals surface area contributed by atoms with Gasteiger partial charge in [-0.25, -0.2) is 0 Å². The van der Waals surface area contributed by atoms with Crippen molar-refractivity contribution in [3.63, 3.8) is 0 Å². The van der Waals surface area contributed by atoms with Crippen molar-refractivity contribution < 1.29 is 4.79 Å². The number of nitrogens with zero attached hydrogens (tertiary/aromatic N) is 2. The van der Waals surface area contributed by atoms with E-state index in [-0.39, 0.29) is 5.91 Å². The SMILES string of the molecule is CN(C(=O)c1cc(-c2ccccc2Cl)n[nH]1)C1CCCCC1. The predicted molar refractivity (Wildman–Crippen MR) is 88.0 cm³/mol. The average Bonchev–Trinajstić information content (AvgIpc) is 3.04. The number of halogens is 1. The van der Waals surface area contributed by atoms with Crippen LogP contribution in [0, 0.1) is 0 Å². The number of nitrogens with one attached hydrogen (secondary N) is 1. The molecule has 2 aromatic rings. The Morgan fingerprint density at radius 1 is 1.27 bits per heavy atom. The molecule has 1 aromatic heterocycles. The number of aromatic amines is 1. The molecular weight excluding hydrogens is 298 g/mol. The van der Waals surface area contributed by atoms with E-state index in [9.17, 15) is 4.79 Å². The fourth-order valence-corrected chi connectivity index (χ4v) is 3.29. The first kappa shape index (κ1) is 15.1. The van der Waals surface area contributed by atoms with Gasteiger partial charge in [0.2, 0.25) is 0 Å². The third-order valence-electron chi connectivity index (χ3n) is 4.40. The fourth-order valence-electron chi connectivity index (χ4n) is 3.06. The zero-order chi connectivity index (χ0) is 15.5. The molecule has 1 N–H and O–H groups in total. The van der Waals surface area contributed by atoms with Crippen molar-refractivity contribution >= 4 is 17.5 Å². The van der Waals surface area contributed by atoms with E-state index < -0.39 is 0 Å². The van der Waals surface area contributed by atoms with Crippen LogP contribution < -0.4 is 0 Å². The van der Waals surface area contributed by atoms with Crippen LogP contribution in [-0.4, -0.2) is 34.1 Å². The van der Waals surface area contributed by atoms with Crippen LogP contribution >= 0.6 is 11.6 Å². The summed E-state index contributed by atoms with van der Waals surface area (Å²) in [6.07, 6.45) is 5.87. The summed E-state index contributed by atoms with van der Waals surface area (Å²) in [5.74, 6) is -0.00213. The third kappa shape index (κ3) is 3.02. The molecule has 1 fully saturated rings. The summed E-state index contributed by atoms with van der Waals surface area (Å²) in [5, 5.41) is 7.72. The van der Waals surface area contributed by atoms with Gasteiger partial charge in [0.25, 0.3) is 5.91 Å². The van der Waals surface area contributed by atoms with Crippen LogP contribution in [0.1, 0.15) is 42.6 Å². The predicted octanol–water partition coefficient (Wildman–Crippen LogP) is 4.13. The lowest BCUT2D eigenvalue weighted by molar-refractivity contribution is 0.0690. The Labute approximate surface area is 135 Å². The van der Waals surface area contributed by atoms with Crippen LogP contribution in [0.2, 0.25) is 5.02 Å². The molecule has 0 aliphatic heterocycles. The molecule has 0 atom stereocenters. The summed E-state index contributed by atoms with van der Waals surface area (Å²) < 4.78 is 0. The number of carbonyl (C=O) groups is 1. The second-order valence-electron chi connectivity index (χ2n) is 5.85. The number of rotatable bonds is 3. The lowest BCUT2D eigenvalue weighted by Gasteiger charge is -2.30. The molecule has 1 aliphatic rings. The zero-order valence-corrected chi connectivity index (χ0v) is 13.4. The molecule has 0 radical (unpaired) electrons. The topological polar surface area (TPSA) is 49.0 Å². The minimum Gasteiger partial charge on any atom is -0.337 e. The van der Waals surface area contributed by atoms with Gasteiger partial charge in [-0.05, 0) is 25.0 Å². The van der Waals surface area contributed by atoms with Crippen molar-refractivity contribution in [2.24, 2.45) is 0 Å². The minimum atomic E-state index is -0.00213. The van der Waals surface area contributed by atoms with Crippen LogP contribution in [0.4, 0.5) is 0 Å². The molecule has 0 bridgehead atoms. The van der Waals surface area contributed by atoms with E-state index in [2.05, 4.69) is 10.2 Å². The number of hydrogen-bond donors (Lipinski definition) is 1. The lowest BCUT2D eigenvalue weighted by Crippen LogP contribution is -2.38. The van der Waals surface area contributed by atoms with Crippen LogP contribution in [-0.2, 0) is 0 Å². The molecule has 4 nitrogen and oxygen atoms in total. The molecule has 22 heavy (non-hydrogen) atoms. The number of aromatic nitrogens is 2. The van der Waals surface area contributed by atoms with Gasteiger partial charge in [-0.3, -0.25) is 9.89 Å². The molecular formula is C17H20ClN3O. The summed E-state index contributed by atoms with van der Waals surface area (Å²) in [5.41, 5.74) is 2.05. The summed E-state index contributed by atoms with van der Waals surface area (Å²) >= 11 is 6.18. The number of H-pyrrole nitrogens is 1. The van der Waals surface area contributed by atoms with E-state index in [4.69, 9.17) is 11.6 Å². The second kappa shape index (κ2) is 6.53. The molecule has 0 unspecified atom stereocenters. The Balaban J connectivity index is 1.78. The highest BCUT2D eigenvalue weighted by atomic mass is 35.5. The van der Waals surface area contributed by atoms with Crippen molar-refractivity contribution in [1.82, 2.24) is 15.1 Å². The molecule has 1 heterocycles. The highest BCUT2D eigenvalue weighted by Crippen LogP contribution is 2.27. The fraction of sp³-hybridized carbons (Fsp3) is 0.412. The maximum absolute atomic E-state index is 12.6. The summed E-state index contributed by atoms with van der Waals surface area (Å²) in [6.45, 7) is 0. The molecule has 0 spiro atoms. The first-order valence-electron chi connectivity index (χ1n) is 7.74. The maximum atomic E-state index is 12.6. The summed E-state index contributed by atoms with van der Waals surface area (Å²) in [7, 11) is 1.88. The normalized spacial score (nSPS) is 15.7. The number of hydrogen-bond acceptors (Lipinski definition) is 2. The van der Waals surface area contributed by atoms with Gasteiger partial charge in [0.15, 0.2) is 0 Å². The first-order valence-corrected chi connectivity index (χ1v) is 8.12. The van der Waals surface area contributed by atoms with Gasteiger partial charge in [-0.15, -0.1) is 0 Å². The third-order valence-corrected chi connectivity index (χ3v) is 4.73. The van der Waals surface area contributed by atoms with E-state index in [1.54, 1.807) is 6.07 Å². The number of benzene rings is 1. The van der Waals surface area contributed by atoms with Crippen molar-refractivity contribution in [3.05, 3.63) is 41.0 Å². The Morgan fingerprint density at radius 2 is 2.00 bits per heavy atom. The monoisotopic (exact) mass is 317 g/mol. The van der Waals surface area contributed by atoms with Crippen molar-refractivity contribution in [2.75, 3.05) is 7.05 Å². The quantitative estimate of drug-likeness (QED) is 0.925. The minimum absolute atomic E-state index is 0.00213. The zero-order valence-electron chi connectivity index (χ0n) is 12.7. The van der Waals surface area contributed by atoms with Gasteiger partial charge >= 0.3 is 0 Å². The van der Waals surface area contributed by atoms with E-state index in [0.29, 0.717) is 22.5 Å². The number of carbonyl (C=O) groups excluding carboxylic acids is 1. The van der Waals surface area contributed by atoms with E-state index in [0.717, 1.165) is 18.4 Å². The van der Waals surface area contributed by atoms with Gasteiger partial charge in [-0.1, -0.05) is 49.1 Å². The van der Waals surface area contributed by atoms with Crippen molar-refractivity contribution in [3.8, 4) is 11.3 Å².